The van der Waals surface area contributed by atoms with Crippen LogP contribution >= 0.6 is 34.7 Å². The second kappa shape index (κ2) is 8.04. The molecule has 2 aromatic heterocycles. The molecule has 140 valence electrons. The van der Waals surface area contributed by atoms with E-state index in [0.717, 1.165) is 35.9 Å². The van der Waals surface area contributed by atoms with Crippen LogP contribution in [0.25, 0.3) is 0 Å². The maximum absolute atomic E-state index is 12.5. The third-order valence-corrected chi connectivity index (χ3v) is 6.51. The van der Waals surface area contributed by atoms with E-state index in [2.05, 4.69) is 37.6 Å². The van der Waals surface area contributed by atoms with Crippen molar-refractivity contribution in [1.82, 2.24) is 14.8 Å². The van der Waals surface area contributed by atoms with Crippen LogP contribution in [0.4, 0.5) is 5.69 Å². The Kier molecular flexibility index (Phi) is 5.52. The minimum Gasteiger partial charge on any atom is -0.325 e. The van der Waals surface area contributed by atoms with E-state index in [9.17, 15) is 4.79 Å². The highest BCUT2D eigenvalue weighted by atomic mass is 35.5. The highest BCUT2D eigenvalue weighted by Crippen LogP contribution is 2.40. The molecule has 1 saturated carbocycles. The number of nitrogens with zero attached hydrogens (tertiary/aromatic N) is 3. The highest BCUT2D eigenvalue weighted by molar-refractivity contribution is 8.00. The summed E-state index contributed by atoms with van der Waals surface area (Å²) < 4.78 is 2.22. The van der Waals surface area contributed by atoms with E-state index in [1.807, 2.05) is 6.92 Å². The third-order valence-electron chi connectivity index (χ3n) is 4.32. The van der Waals surface area contributed by atoms with E-state index < -0.39 is 0 Å². The van der Waals surface area contributed by atoms with Crippen LogP contribution < -0.4 is 5.32 Å². The summed E-state index contributed by atoms with van der Waals surface area (Å²) >= 11 is 9.07. The van der Waals surface area contributed by atoms with Gasteiger partial charge in [-0.25, -0.2) is 0 Å². The summed E-state index contributed by atoms with van der Waals surface area (Å²) in [5.74, 6) is 0.917. The molecule has 1 atom stereocenters. The maximum atomic E-state index is 12.5. The van der Waals surface area contributed by atoms with Crippen molar-refractivity contribution in [1.29, 1.82) is 0 Å². The summed E-state index contributed by atoms with van der Waals surface area (Å²) in [5.41, 5.74) is 0.735. The Morgan fingerprint density at radius 3 is 2.78 bits per heavy atom. The van der Waals surface area contributed by atoms with Gasteiger partial charge >= 0.3 is 0 Å². The molecule has 1 fully saturated rings. The average molecular weight is 419 g/mol. The molecule has 1 aromatic carbocycles. The first-order valence-corrected chi connectivity index (χ1v) is 10.9. The molecule has 1 N–H and O–H groups in total. The molecule has 1 amide bonds. The van der Waals surface area contributed by atoms with Crippen molar-refractivity contribution in [3.05, 3.63) is 57.5 Å². The lowest BCUT2D eigenvalue weighted by Crippen LogP contribution is -2.23. The number of halogens is 1. The molecule has 1 aliphatic rings. The molecule has 0 spiro atoms. The molecule has 5 nitrogen and oxygen atoms in total. The first kappa shape index (κ1) is 18.5. The van der Waals surface area contributed by atoms with Crippen LogP contribution in [0.5, 0.6) is 0 Å². The molecule has 2 heterocycles. The number of benzene rings is 1. The number of hydrogen-bond donors (Lipinski definition) is 1. The Bertz CT molecular complexity index is 920. The Hall–Kier alpha value is -1.83. The fourth-order valence-electron chi connectivity index (χ4n) is 2.77. The molecule has 1 aliphatic carbocycles. The van der Waals surface area contributed by atoms with Gasteiger partial charge in [0, 0.05) is 28.0 Å². The van der Waals surface area contributed by atoms with Crippen molar-refractivity contribution < 1.29 is 4.79 Å². The number of anilines is 1. The Morgan fingerprint density at radius 2 is 2.11 bits per heavy atom. The summed E-state index contributed by atoms with van der Waals surface area (Å²) in [6.45, 7) is 1.89. The largest absolute Gasteiger partial charge is 0.325 e. The van der Waals surface area contributed by atoms with E-state index in [1.54, 1.807) is 35.6 Å². The Morgan fingerprint density at radius 1 is 1.33 bits per heavy atom. The molecule has 1 unspecified atom stereocenters. The van der Waals surface area contributed by atoms with E-state index in [0.29, 0.717) is 11.1 Å². The normalized spacial score (nSPS) is 14.9. The van der Waals surface area contributed by atoms with Gasteiger partial charge in [0.1, 0.15) is 5.82 Å². The van der Waals surface area contributed by atoms with Crippen LogP contribution in [0.2, 0.25) is 5.02 Å². The van der Waals surface area contributed by atoms with Gasteiger partial charge in [0.15, 0.2) is 5.16 Å². The Labute approximate surface area is 171 Å². The van der Waals surface area contributed by atoms with Crippen molar-refractivity contribution in [2.45, 2.75) is 42.6 Å². The average Bonchev–Trinajstić information content (AvgIpc) is 3.21. The molecular weight excluding hydrogens is 400 g/mol. The predicted octanol–water partition coefficient (Wildman–Crippen LogP) is 5.04. The quantitative estimate of drug-likeness (QED) is 0.546. The van der Waals surface area contributed by atoms with Gasteiger partial charge in [-0.2, -0.15) is 0 Å². The van der Waals surface area contributed by atoms with E-state index in [-0.39, 0.29) is 11.2 Å². The monoisotopic (exact) mass is 418 g/mol. The zero-order valence-electron chi connectivity index (χ0n) is 14.8. The van der Waals surface area contributed by atoms with Gasteiger partial charge in [-0.05, 0) is 55.5 Å². The maximum Gasteiger partial charge on any atom is 0.237 e. The second-order valence-electron chi connectivity index (χ2n) is 6.51. The van der Waals surface area contributed by atoms with Gasteiger partial charge in [-0.1, -0.05) is 29.4 Å². The number of rotatable bonds is 7. The zero-order chi connectivity index (χ0) is 18.8. The first-order chi connectivity index (χ1) is 13.1. The summed E-state index contributed by atoms with van der Waals surface area (Å²) in [7, 11) is 0. The zero-order valence-corrected chi connectivity index (χ0v) is 17.2. The number of aromatic nitrogens is 3. The van der Waals surface area contributed by atoms with Crippen LogP contribution in [0, 0.1) is 0 Å². The summed E-state index contributed by atoms with van der Waals surface area (Å²) in [5, 5.41) is 15.0. The van der Waals surface area contributed by atoms with Crippen LogP contribution in [0.3, 0.4) is 0 Å². The van der Waals surface area contributed by atoms with Crippen LogP contribution in [0.15, 0.2) is 46.9 Å². The summed E-state index contributed by atoms with van der Waals surface area (Å²) in [4.78, 5) is 13.8. The van der Waals surface area contributed by atoms with Crippen molar-refractivity contribution in [2.75, 3.05) is 5.32 Å². The van der Waals surface area contributed by atoms with Gasteiger partial charge in [-0.15, -0.1) is 21.5 Å². The van der Waals surface area contributed by atoms with E-state index in [1.165, 1.54) is 16.6 Å². The standard InChI is InChI=1S/C19H19ClN4OS2/c1-12(18(25)21-14-6-4-13(20)5-7-14)27-19-23-22-17(24(19)15-8-9-15)11-16-3-2-10-26-16/h2-7,10,12,15H,8-9,11H2,1H3,(H,21,25). The minimum absolute atomic E-state index is 0.0625. The molecule has 8 heteroatoms. The Balaban J connectivity index is 1.46. The number of thiophene rings is 1. The van der Waals surface area contributed by atoms with Crippen molar-refractivity contribution >= 4 is 46.3 Å². The van der Waals surface area contributed by atoms with Crippen molar-refractivity contribution in [2.24, 2.45) is 0 Å². The van der Waals surface area contributed by atoms with Crippen LogP contribution in [-0.4, -0.2) is 25.9 Å². The lowest BCUT2D eigenvalue weighted by atomic mass is 10.3. The molecule has 0 saturated heterocycles. The predicted molar refractivity (Wildman–Crippen MR) is 111 cm³/mol. The van der Waals surface area contributed by atoms with Gasteiger partial charge in [0.25, 0.3) is 0 Å². The molecular formula is C19H19ClN4OS2. The topological polar surface area (TPSA) is 59.8 Å². The number of nitrogens with one attached hydrogen (secondary N) is 1. The van der Waals surface area contributed by atoms with E-state index >= 15 is 0 Å². The van der Waals surface area contributed by atoms with Crippen molar-refractivity contribution in [3.8, 4) is 0 Å². The third kappa shape index (κ3) is 4.54. The molecule has 0 bridgehead atoms. The molecule has 0 aliphatic heterocycles. The van der Waals surface area contributed by atoms with Gasteiger partial charge < -0.3 is 9.88 Å². The molecule has 3 aromatic rings. The molecule has 0 radical (unpaired) electrons. The fourth-order valence-corrected chi connectivity index (χ4v) is 4.53. The SMILES string of the molecule is CC(Sc1nnc(Cc2cccs2)n1C1CC1)C(=O)Nc1ccc(Cl)cc1. The molecule has 4 rings (SSSR count). The fraction of sp³-hybridized carbons (Fsp3) is 0.316. The van der Waals surface area contributed by atoms with E-state index in [4.69, 9.17) is 11.6 Å². The number of carbonyl (C=O) groups is 1. The highest BCUT2D eigenvalue weighted by Gasteiger charge is 2.31. The lowest BCUT2D eigenvalue weighted by Gasteiger charge is -2.13. The smallest absolute Gasteiger partial charge is 0.237 e. The number of amides is 1. The summed E-state index contributed by atoms with van der Waals surface area (Å²) in [6, 6.07) is 11.7. The van der Waals surface area contributed by atoms with Crippen LogP contribution in [-0.2, 0) is 11.2 Å². The number of thioether (sulfide) groups is 1. The van der Waals surface area contributed by atoms with Crippen LogP contribution in [0.1, 0.15) is 36.5 Å². The van der Waals surface area contributed by atoms with Crippen molar-refractivity contribution in [3.63, 3.8) is 0 Å². The second-order valence-corrected chi connectivity index (χ2v) is 9.29. The van der Waals surface area contributed by atoms with Gasteiger partial charge in [0.2, 0.25) is 5.91 Å². The first-order valence-electron chi connectivity index (χ1n) is 8.79. The lowest BCUT2D eigenvalue weighted by molar-refractivity contribution is -0.115. The molecule has 27 heavy (non-hydrogen) atoms. The minimum atomic E-state index is -0.281. The van der Waals surface area contributed by atoms with Gasteiger partial charge in [0.05, 0.1) is 5.25 Å². The summed E-state index contributed by atoms with van der Waals surface area (Å²) in [6.07, 6.45) is 3.08. The van der Waals surface area contributed by atoms with Gasteiger partial charge in [-0.3, -0.25) is 4.79 Å². The number of carbonyl (C=O) groups excluding carboxylic acids is 1. The number of hydrogen-bond acceptors (Lipinski definition) is 5.